The summed E-state index contributed by atoms with van der Waals surface area (Å²) in [5, 5.41) is 17.7. The van der Waals surface area contributed by atoms with Crippen molar-refractivity contribution >= 4 is 0 Å². The van der Waals surface area contributed by atoms with Crippen LogP contribution in [0.15, 0.2) is 0 Å². The first kappa shape index (κ1) is 6.99. The quantitative estimate of drug-likeness (QED) is 0.424. The van der Waals surface area contributed by atoms with Crippen molar-refractivity contribution in [2.75, 3.05) is 6.61 Å². The van der Waals surface area contributed by atoms with E-state index in [0.29, 0.717) is 0 Å². The molecule has 4 unspecified atom stereocenters. The lowest BCUT2D eigenvalue weighted by Gasteiger charge is -2.44. The molecule has 1 aliphatic carbocycles. The predicted molar refractivity (Wildman–Crippen MR) is 33.7 cm³/mol. The van der Waals surface area contributed by atoms with Gasteiger partial charge in [0.25, 0.3) is 0 Å². The van der Waals surface area contributed by atoms with Crippen LogP contribution < -0.4 is 5.73 Å². The molecule has 0 aliphatic heterocycles. The minimum absolute atomic E-state index is 0.0966. The van der Waals surface area contributed by atoms with Crippen molar-refractivity contribution in [2.45, 2.75) is 19.1 Å². The Morgan fingerprint density at radius 1 is 1.56 bits per heavy atom. The minimum atomic E-state index is -0.401. The zero-order chi connectivity index (χ0) is 7.02. The van der Waals surface area contributed by atoms with Gasteiger partial charge in [0, 0.05) is 18.6 Å². The lowest BCUT2D eigenvalue weighted by atomic mass is 9.68. The van der Waals surface area contributed by atoms with Crippen LogP contribution in [0, 0.1) is 11.8 Å². The van der Waals surface area contributed by atoms with E-state index >= 15 is 0 Å². The lowest BCUT2D eigenvalue weighted by molar-refractivity contribution is -0.0680. The highest BCUT2D eigenvalue weighted by atomic mass is 16.3. The number of hydrogen-bond acceptors (Lipinski definition) is 3. The van der Waals surface area contributed by atoms with Crippen molar-refractivity contribution in [1.82, 2.24) is 0 Å². The first-order valence-corrected chi connectivity index (χ1v) is 3.23. The first-order chi connectivity index (χ1) is 4.18. The highest BCUT2D eigenvalue weighted by Crippen LogP contribution is 2.32. The van der Waals surface area contributed by atoms with Crippen LogP contribution in [0.5, 0.6) is 0 Å². The Morgan fingerprint density at radius 3 is 2.33 bits per heavy atom. The summed E-state index contributed by atoms with van der Waals surface area (Å²) < 4.78 is 0. The standard InChI is InChI=1S/C6H13NO2/c1-3-4(2-8)5(7)6(3)9/h3-6,8-9H,2,7H2,1H3. The van der Waals surface area contributed by atoms with Gasteiger partial charge in [-0.05, 0) is 5.92 Å². The maximum atomic E-state index is 9.05. The summed E-state index contributed by atoms with van der Waals surface area (Å²) in [4.78, 5) is 0. The Bertz CT molecular complexity index is 97.2. The average Bonchev–Trinajstić information content (AvgIpc) is 1.89. The summed E-state index contributed by atoms with van der Waals surface area (Å²) in [6.45, 7) is 1.99. The molecule has 1 saturated carbocycles. The minimum Gasteiger partial charge on any atom is -0.396 e. The van der Waals surface area contributed by atoms with E-state index in [9.17, 15) is 0 Å². The first-order valence-electron chi connectivity index (χ1n) is 3.23. The van der Waals surface area contributed by atoms with E-state index in [-0.39, 0.29) is 24.5 Å². The second kappa shape index (κ2) is 2.25. The van der Waals surface area contributed by atoms with Crippen LogP contribution in [0.1, 0.15) is 6.92 Å². The van der Waals surface area contributed by atoms with Crippen molar-refractivity contribution in [3.63, 3.8) is 0 Å². The third kappa shape index (κ3) is 0.852. The molecule has 1 aliphatic rings. The third-order valence-corrected chi connectivity index (χ3v) is 2.31. The molecule has 0 aromatic rings. The Balaban J connectivity index is 2.41. The Morgan fingerprint density at radius 2 is 2.11 bits per heavy atom. The smallest absolute Gasteiger partial charge is 0.0724 e. The average molecular weight is 131 g/mol. The van der Waals surface area contributed by atoms with Gasteiger partial charge in [-0.1, -0.05) is 6.92 Å². The van der Waals surface area contributed by atoms with Crippen molar-refractivity contribution in [3.8, 4) is 0 Å². The maximum absolute atomic E-state index is 9.05. The molecule has 9 heavy (non-hydrogen) atoms. The molecule has 0 bridgehead atoms. The lowest BCUT2D eigenvalue weighted by Crippen LogP contribution is -2.60. The topological polar surface area (TPSA) is 66.5 Å². The molecule has 54 valence electrons. The van der Waals surface area contributed by atoms with E-state index in [1.54, 1.807) is 0 Å². The Labute approximate surface area is 54.5 Å². The molecule has 4 atom stereocenters. The number of aliphatic hydroxyl groups excluding tert-OH is 2. The Hall–Kier alpha value is -0.120. The van der Waals surface area contributed by atoms with Crippen LogP contribution in [-0.2, 0) is 0 Å². The molecule has 3 nitrogen and oxygen atoms in total. The highest BCUT2D eigenvalue weighted by molar-refractivity contribution is 4.97. The summed E-state index contributed by atoms with van der Waals surface area (Å²) in [7, 11) is 0. The van der Waals surface area contributed by atoms with E-state index in [4.69, 9.17) is 15.9 Å². The van der Waals surface area contributed by atoms with Gasteiger partial charge in [-0.15, -0.1) is 0 Å². The van der Waals surface area contributed by atoms with Gasteiger partial charge in [-0.25, -0.2) is 0 Å². The molecule has 1 fully saturated rings. The molecule has 0 aromatic heterocycles. The molecule has 0 saturated heterocycles. The maximum Gasteiger partial charge on any atom is 0.0724 e. The third-order valence-electron chi connectivity index (χ3n) is 2.31. The van der Waals surface area contributed by atoms with Gasteiger partial charge in [-0.2, -0.15) is 0 Å². The van der Waals surface area contributed by atoms with Gasteiger partial charge < -0.3 is 15.9 Å². The number of aliphatic hydroxyl groups is 2. The summed E-state index contributed by atoms with van der Waals surface area (Å²) in [6, 6.07) is -0.204. The van der Waals surface area contributed by atoms with Crippen LogP contribution in [0.25, 0.3) is 0 Å². The number of nitrogens with two attached hydrogens (primary N) is 1. The van der Waals surface area contributed by atoms with Crippen molar-refractivity contribution in [1.29, 1.82) is 0 Å². The Kier molecular flexibility index (Phi) is 1.75. The summed E-state index contributed by atoms with van der Waals surface area (Å²) in [5.74, 6) is 0.282. The number of hydrogen-bond donors (Lipinski definition) is 3. The van der Waals surface area contributed by atoms with Crippen LogP contribution in [0.3, 0.4) is 0 Å². The molecular formula is C6H13NO2. The summed E-state index contributed by atoms with van der Waals surface area (Å²) in [6.07, 6.45) is -0.401. The molecule has 4 N–H and O–H groups in total. The molecule has 0 amide bonds. The SMILES string of the molecule is CC1C(O)C(N)C1CO. The fourth-order valence-corrected chi connectivity index (χ4v) is 1.35. The highest BCUT2D eigenvalue weighted by Gasteiger charge is 2.43. The number of rotatable bonds is 1. The van der Waals surface area contributed by atoms with E-state index in [1.165, 1.54) is 0 Å². The van der Waals surface area contributed by atoms with Crippen molar-refractivity contribution in [3.05, 3.63) is 0 Å². The summed E-state index contributed by atoms with van der Waals surface area (Å²) >= 11 is 0. The van der Waals surface area contributed by atoms with Gasteiger partial charge in [-0.3, -0.25) is 0 Å². The van der Waals surface area contributed by atoms with Gasteiger partial charge in [0.1, 0.15) is 0 Å². The summed E-state index contributed by atoms with van der Waals surface area (Å²) in [5.41, 5.74) is 5.46. The zero-order valence-corrected chi connectivity index (χ0v) is 5.49. The normalized spacial score (nSPS) is 50.7. The second-order valence-corrected chi connectivity index (χ2v) is 2.77. The van der Waals surface area contributed by atoms with Crippen molar-refractivity contribution in [2.24, 2.45) is 17.6 Å². The van der Waals surface area contributed by atoms with Gasteiger partial charge in [0.05, 0.1) is 6.10 Å². The monoisotopic (exact) mass is 131 g/mol. The van der Waals surface area contributed by atoms with Crippen LogP contribution >= 0.6 is 0 Å². The predicted octanol–water partition coefficient (Wildman–Crippen LogP) is -1.07. The zero-order valence-electron chi connectivity index (χ0n) is 5.49. The van der Waals surface area contributed by atoms with Crippen LogP contribution in [0.4, 0.5) is 0 Å². The second-order valence-electron chi connectivity index (χ2n) is 2.77. The van der Waals surface area contributed by atoms with Gasteiger partial charge in [0.15, 0.2) is 0 Å². The molecule has 0 radical (unpaired) electrons. The van der Waals surface area contributed by atoms with E-state index < -0.39 is 6.10 Å². The molecule has 0 aromatic carbocycles. The molecule has 3 heteroatoms. The van der Waals surface area contributed by atoms with Crippen LogP contribution in [-0.4, -0.2) is 29.0 Å². The van der Waals surface area contributed by atoms with Crippen molar-refractivity contribution < 1.29 is 10.2 Å². The van der Waals surface area contributed by atoms with Crippen LogP contribution in [0.2, 0.25) is 0 Å². The van der Waals surface area contributed by atoms with E-state index in [2.05, 4.69) is 0 Å². The van der Waals surface area contributed by atoms with E-state index in [0.717, 1.165) is 0 Å². The fraction of sp³-hybridized carbons (Fsp3) is 1.00. The van der Waals surface area contributed by atoms with Gasteiger partial charge in [0.2, 0.25) is 0 Å². The molecule has 0 spiro atoms. The molecular weight excluding hydrogens is 118 g/mol. The largest absolute Gasteiger partial charge is 0.396 e. The molecule has 0 heterocycles. The van der Waals surface area contributed by atoms with E-state index in [1.807, 2.05) is 6.92 Å². The van der Waals surface area contributed by atoms with Gasteiger partial charge >= 0.3 is 0 Å². The fourth-order valence-electron chi connectivity index (χ4n) is 1.35. The molecule has 1 rings (SSSR count).